The number of aliphatic carboxylic acids is 1. The summed E-state index contributed by atoms with van der Waals surface area (Å²) in [6.45, 7) is 1.74. The monoisotopic (exact) mass is 466 g/mol. The molecule has 2 aromatic heterocycles. The summed E-state index contributed by atoms with van der Waals surface area (Å²) in [7, 11) is 0. The van der Waals surface area contributed by atoms with Crippen molar-refractivity contribution in [2.75, 3.05) is 0 Å². The van der Waals surface area contributed by atoms with Crippen LogP contribution in [0.5, 0.6) is 0 Å². The highest BCUT2D eigenvalue weighted by Gasteiger charge is 2.20. The number of amides is 1. The topological polar surface area (TPSA) is 113 Å². The van der Waals surface area contributed by atoms with Crippen LogP contribution in [0, 0.1) is 6.92 Å². The van der Waals surface area contributed by atoms with Crippen molar-refractivity contribution in [1.29, 1.82) is 0 Å². The van der Waals surface area contributed by atoms with Crippen molar-refractivity contribution in [2.45, 2.75) is 19.4 Å². The van der Waals surface area contributed by atoms with Gasteiger partial charge in [0.25, 0.3) is 0 Å². The van der Waals surface area contributed by atoms with Crippen molar-refractivity contribution < 1.29 is 23.5 Å². The zero-order chi connectivity index (χ0) is 24.5. The molecule has 0 saturated heterocycles. The Hall–Kier alpha value is -4.65. The van der Waals surface area contributed by atoms with Gasteiger partial charge in [0.15, 0.2) is 0 Å². The smallest absolute Gasteiger partial charge is 0.340 e. The quantitative estimate of drug-likeness (QED) is 0.382. The third-order valence-corrected chi connectivity index (χ3v) is 6.08. The van der Waals surface area contributed by atoms with Gasteiger partial charge in [0.2, 0.25) is 5.91 Å². The molecule has 0 fully saturated rings. The zero-order valence-electron chi connectivity index (χ0n) is 18.7. The van der Waals surface area contributed by atoms with Gasteiger partial charge in [-0.3, -0.25) is 4.79 Å². The van der Waals surface area contributed by atoms with Gasteiger partial charge < -0.3 is 24.1 Å². The second-order valence-electron chi connectivity index (χ2n) is 8.26. The Kier molecular flexibility index (Phi) is 5.66. The van der Waals surface area contributed by atoms with Gasteiger partial charge in [-0.2, -0.15) is 0 Å². The fourth-order valence-electron chi connectivity index (χ4n) is 4.25. The van der Waals surface area contributed by atoms with E-state index in [0.717, 1.165) is 16.5 Å². The summed E-state index contributed by atoms with van der Waals surface area (Å²) in [5.74, 6) is -2.07. The molecule has 2 heterocycles. The fourth-order valence-corrected chi connectivity index (χ4v) is 4.25. The van der Waals surface area contributed by atoms with Gasteiger partial charge in [-0.25, -0.2) is 4.79 Å². The lowest BCUT2D eigenvalue weighted by atomic mass is 9.99. The average Bonchev–Trinajstić information content (AvgIpc) is 3.28. The molecule has 0 spiro atoms. The Balaban J connectivity index is 1.51. The molecule has 5 aromatic rings. The number of hydrogen-bond acceptors (Lipinski definition) is 6. The Morgan fingerprint density at radius 3 is 2.31 bits per heavy atom. The lowest BCUT2D eigenvalue weighted by molar-refractivity contribution is -0.308. The molecule has 1 N–H and O–H groups in total. The highest BCUT2D eigenvalue weighted by molar-refractivity contribution is 6.02. The van der Waals surface area contributed by atoms with Crippen LogP contribution in [-0.4, -0.2) is 11.9 Å². The molecule has 0 bridgehead atoms. The van der Waals surface area contributed by atoms with Crippen molar-refractivity contribution >= 4 is 33.8 Å². The predicted molar refractivity (Wildman–Crippen MR) is 128 cm³/mol. The summed E-state index contributed by atoms with van der Waals surface area (Å²) in [6.07, 6.45) is 1.32. The Morgan fingerprint density at radius 2 is 1.63 bits per heavy atom. The van der Waals surface area contributed by atoms with Gasteiger partial charge in [-0.05, 0) is 29.7 Å². The third-order valence-electron chi connectivity index (χ3n) is 6.08. The largest absolute Gasteiger partial charge is 0.548 e. The molecule has 0 aliphatic heterocycles. The summed E-state index contributed by atoms with van der Waals surface area (Å²) in [6, 6.07) is 20.2. The first-order chi connectivity index (χ1) is 16.9. The van der Waals surface area contributed by atoms with Gasteiger partial charge in [0.05, 0.1) is 30.3 Å². The van der Waals surface area contributed by atoms with E-state index in [9.17, 15) is 19.5 Å². The zero-order valence-corrected chi connectivity index (χ0v) is 18.7. The molecule has 7 nitrogen and oxygen atoms in total. The van der Waals surface area contributed by atoms with Crippen molar-refractivity contribution in [2.24, 2.45) is 0 Å². The van der Waals surface area contributed by atoms with Crippen LogP contribution in [-0.2, 0) is 16.0 Å². The van der Waals surface area contributed by atoms with E-state index in [1.807, 2.05) is 36.4 Å². The lowest BCUT2D eigenvalue weighted by Gasteiger charge is -2.20. The van der Waals surface area contributed by atoms with Gasteiger partial charge in [0, 0.05) is 22.4 Å². The number of nitrogens with one attached hydrogen (secondary N) is 1. The van der Waals surface area contributed by atoms with Crippen molar-refractivity contribution in [3.05, 3.63) is 106 Å². The third kappa shape index (κ3) is 4.19. The number of carboxylic acids is 1. The van der Waals surface area contributed by atoms with Crippen LogP contribution in [0.4, 0.5) is 0 Å². The first-order valence-electron chi connectivity index (χ1n) is 11.0. The van der Waals surface area contributed by atoms with E-state index in [4.69, 9.17) is 8.83 Å². The Bertz CT molecular complexity index is 1620. The number of hydrogen-bond donors (Lipinski definition) is 1. The number of furan rings is 1. The molecule has 0 aliphatic rings. The minimum absolute atomic E-state index is 0.157. The first kappa shape index (κ1) is 22.2. The summed E-state index contributed by atoms with van der Waals surface area (Å²) < 4.78 is 11.2. The fraction of sp³-hybridized carbons (Fsp3) is 0.107. The molecule has 1 amide bonds. The molecule has 0 aliphatic carbocycles. The molecule has 5 rings (SSSR count). The Morgan fingerprint density at radius 1 is 0.943 bits per heavy atom. The van der Waals surface area contributed by atoms with Crippen molar-refractivity contribution in [3.8, 4) is 11.1 Å². The van der Waals surface area contributed by atoms with Crippen LogP contribution >= 0.6 is 0 Å². The maximum Gasteiger partial charge on any atom is 0.340 e. The molecular formula is C28H20NO6-. The van der Waals surface area contributed by atoms with E-state index in [1.54, 1.807) is 49.6 Å². The number of fused-ring (bicyclic) bond motifs is 2. The van der Waals surface area contributed by atoms with E-state index >= 15 is 0 Å². The summed E-state index contributed by atoms with van der Waals surface area (Å²) in [5.41, 5.74) is 3.24. The number of carboxylic acid groups (broad SMARTS) is 1. The molecular weight excluding hydrogens is 446 g/mol. The number of carbonyl (C=O) groups excluding carboxylic acids is 2. The van der Waals surface area contributed by atoms with Crippen molar-refractivity contribution in [3.63, 3.8) is 0 Å². The summed E-state index contributed by atoms with van der Waals surface area (Å²) >= 11 is 0. The maximum absolute atomic E-state index is 12.8. The van der Waals surface area contributed by atoms with Crippen LogP contribution in [0.15, 0.2) is 92.7 Å². The van der Waals surface area contributed by atoms with E-state index in [-0.39, 0.29) is 12.0 Å². The minimum atomic E-state index is -1.44. The van der Waals surface area contributed by atoms with Gasteiger partial charge in [0.1, 0.15) is 11.2 Å². The van der Waals surface area contributed by atoms with Gasteiger partial charge >= 0.3 is 5.63 Å². The highest BCUT2D eigenvalue weighted by atomic mass is 16.4. The van der Waals surface area contributed by atoms with E-state index in [2.05, 4.69) is 5.32 Å². The standard InChI is InChI=1S/C28H21NO6/c1-16-19-12-21-22(17-8-4-2-5-9-17)15-34-23(21)14-24(19)35-28(33)20(16)13-25(30)29-26(27(31)32)18-10-6-3-7-11-18/h2-12,14-15,26H,13H2,1H3,(H,29,30)(H,31,32)/p-1/t26-/m1/s1. The van der Waals surface area contributed by atoms with E-state index < -0.39 is 23.5 Å². The van der Waals surface area contributed by atoms with Gasteiger partial charge in [-0.1, -0.05) is 60.7 Å². The van der Waals surface area contributed by atoms with E-state index in [1.165, 1.54) is 0 Å². The first-order valence-corrected chi connectivity index (χ1v) is 11.0. The van der Waals surface area contributed by atoms with Crippen LogP contribution in [0.2, 0.25) is 0 Å². The molecule has 1 atom stereocenters. The molecule has 0 unspecified atom stereocenters. The summed E-state index contributed by atoms with van der Waals surface area (Å²) in [4.78, 5) is 37.1. The molecule has 174 valence electrons. The number of carbonyl (C=O) groups is 2. The minimum Gasteiger partial charge on any atom is -0.548 e. The normalized spacial score (nSPS) is 12.0. The number of rotatable bonds is 6. The number of aryl methyl sites for hydroxylation is 1. The van der Waals surface area contributed by atoms with E-state index in [0.29, 0.717) is 27.7 Å². The maximum atomic E-state index is 12.8. The molecule has 7 heteroatoms. The Labute approximate surface area is 199 Å². The molecule has 35 heavy (non-hydrogen) atoms. The molecule has 3 aromatic carbocycles. The van der Waals surface area contributed by atoms with Crippen LogP contribution in [0.3, 0.4) is 0 Å². The molecule has 0 radical (unpaired) electrons. The predicted octanol–water partition coefficient (Wildman–Crippen LogP) is 3.66. The van der Waals surface area contributed by atoms with Crippen molar-refractivity contribution in [1.82, 2.24) is 5.32 Å². The second kappa shape index (κ2) is 8.95. The van der Waals surface area contributed by atoms with Crippen LogP contribution in [0.25, 0.3) is 33.1 Å². The SMILES string of the molecule is Cc1c(CC(=O)N[C@@H](C(=O)[O-])c2ccccc2)c(=O)oc2cc3occ(-c4ccccc4)c3cc12. The van der Waals surface area contributed by atoms with Gasteiger partial charge in [-0.15, -0.1) is 0 Å². The van der Waals surface area contributed by atoms with Crippen LogP contribution in [0.1, 0.15) is 22.7 Å². The van der Waals surface area contributed by atoms with Crippen LogP contribution < -0.4 is 16.0 Å². The average molecular weight is 466 g/mol. The lowest BCUT2D eigenvalue weighted by Crippen LogP contribution is -2.42. The molecule has 0 saturated carbocycles. The highest BCUT2D eigenvalue weighted by Crippen LogP contribution is 2.34. The number of benzene rings is 3. The second-order valence-corrected chi connectivity index (χ2v) is 8.26. The summed E-state index contributed by atoms with van der Waals surface area (Å²) in [5, 5.41) is 15.6.